The Labute approximate surface area is 165 Å². The van der Waals surface area contributed by atoms with Gasteiger partial charge in [-0.25, -0.2) is 8.42 Å². The number of hydrogen-bond donors (Lipinski definition) is 1. The average Bonchev–Trinajstić information content (AvgIpc) is 3.34. The fourth-order valence-corrected chi connectivity index (χ4v) is 3.78. The number of halogens is 1. The van der Waals surface area contributed by atoms with Crippen molar-refractivity contribution in [1.82, 2.24) is 15.3 Å². The molecule has 0 amide bonds. The van der Waals surface area contributed by atoms with E-state index in [-0.39, 0.29) is 10.8 Å². The lowest BCUT2D eigenvalue weighted by molar-refractivity contribution is 0.382. The van der Waals surface area contributed by atoms with Crippen LogP contribution in [0.4, 0.5) is 5.69 Å². The third-order valence-corrected chi connectivity index (χ3v) is 5.37. The molecule has 0 aliphatic carbocycles. The van der Waals surface area contributed by atoms with Gasteiger partial charge in [0.05, 0.1) is 23.2 Å². The van der Waals surface area contributed by atoms with Crippen LogP contribution >= 0.6 is 11.6 Å². The van der Waals surface area contributed by atoms with Gasteiger partial charge in [0, 0.05) is 16.7 Å². The van der Waals surface area contributed by atoms with Crippen LogP contribution in [0.1, 0.15) is 11.6 Å². The van der Waals surface area contributed by atoms with E-state index in [1.54, 1.807) is 36.4 Å². The lowest BCUT2D eigenvalue weighted by Gasteiger charge is -2.09. The van der Waals surface area contributed by atoms with Crippen LogP contribution in [-0.4, -0.2) is 23.7 Å². The summed E-state index contributed by atoms with van der Waals surface area (Å²) >= 11 is 5.90. The van der Waals surface area contributed by atoms with Crippen molar-refractivity contribution in [3.05, 3.63) is 77.4 Å². The molecular weight excluding hydrogens is 404 g/mol. The second-order valence-electron chi connectivity index (χ2n) is 5.81. The normalized spacial score (nSPS) is 11.5. The van der Waals surface area contributed by atoms with E-state index < -0.39 is 10.0 Å². The number of sulfonamides is 1. The highest BCUT2D eigenvalue weighted by Gasteiger charge is 2.17. The first kappa shape index (κ1) is 18.2. The van der Waals surface area contributed by atoms with Crippen molar-refractivity contribution in [3.8, 4) is 11.5 Å². The molecule has 4 rings (SSSR count). The molecule has 28 heavy (non-hydrogen) atoms. The van der Waals surface area contributed by atoms with Gasteiger partial charge in [-0.1, -0.05) is 34.0 Å². The molecule has 4 aromatic rings. The van der Waals surface area contributed by atoms with Gasteiger partial charge >= 0.3 is 0 Å². The molecule has 2 aromatic heterocycles. The zero-order chi connectivity index (χ0) is 19.6. The highest BCUT2D eigenvalue weighted by atomic mass is 35.5. The van der Waals surface area contributed by atoms with Gasteiger partial charge in [0.2, 0.25) is 0 Å². The summed E-state index contributed by atoms with van der Waals surface area (Å²) < 4.78 is 38.1. The van der Waals surface area contributed by atoms with E-state index in [0.29, 0.717) is 34.3 Å². The first-order chi connectivity index (χ1) is 13.5. The maximum Gasteiger partial charge on any atom is 0.261 e. The maximum atomic E-state index is 12.7. The van der Waals surface area contributed by atoms with Crippen molar-refractivity contribution in [3.63, 3.8) is 0 Å². The van der Waals surface area contributed by atoms with Crippen molar-refractivity contribution in [1.29, 1.82) is 0 Å². The Hall–Kier alpha value is -3.17. The molecule has 0 saturated carbocycles. The number of anilines is 1. The van der Waals surface area contributed by atoms with Gasteiger partial charge in [-0.3, -0.25) is 4.72 Å². The van der Waals surface area contributed by atoms with Crippen molar-refractivity contribution in [2.75, 3.05) is 4.72 Å². The molecule has 0 bridgehead atoms. The molecule has 0 unspecified atom stereocenters. The topological polar surface area (TPSA) is 111 Å². The minimum absolute atomic E-state index is 0.0555. The summed E-state index contributed by atoms with van der Waals surface area (Å²) in [6.45, 7) is 0. The fraction of sp³-hybridized carbons (Fsp3) is 0.0556. The first-order valence-electron chi connectivity index (χ1n) is 8.10. The molecule has 142 valence electrons. The first-order valence-corrected chi connectivity index (χ1v) is 9.97. The zero-order valence-corrected chi connectivity index (χ0v) is 15.8. The van der Waals surface area contributed by atoms with Gasteiger partial charge < -0.3 is 9.05 Å². The van der Waals surface area contributed by atoms with E-state index in [2.05, 4.69) is 20.0 Å². The van der Waals surface area contributed by atoms with Gasteiger partial charge in [0.25, 0.3) is 15.9 Å². The summed E-state index contributed by atoms with van der Waals surface area (Å²) in [5.41, 5.74) is 0.843. The zero-order valence-electron chi connectivity index (χ0n) is 14.2. The summed E-state index contributed by atoms with van der Waals surface area (Å²) in [7, 11) is -3.82. The molecule has 1 N–H and O–H groups in total. The molecule has 0 saturated heterocycles. The average molecular weight is 417 g/mol. The predicted molar refractivity (Wildman–Crippen MR) is 101 cm³/mol. The number of nitrogens with zero attached hydrogens (tertiary/aromatic N) is 3. The molecule has 0 atom stereocenters. The lowest BCUT2D eigenvalue weighted by Crippen LogP contribution is -2.12. The summed E-state index contributed by atoms with van der Waals surface area (Å²) in [6, 6.07) is 14.4. The SMILES string of the molecule is O=S(=O)(Nc1cccc(Cl)c1)c1cccc(-c2nc(Cc3ccno3)no2)c1. The molecule has 0 spiro atoms. The van der Waals surface area contributed by atoms with Crippen LogP contribution in [0.2, 0.25) is 5.02 Å². The molecule has 0 aliphatic heterocycles. The molecule has 0 radical (unpaired) electrons. The Morgan fingerprint density at radius 1 is 1.04 bits per heavy atom. The minimum Gasteiger partial charge on any atom is -0.361 e. The van der Waals surface area contributed by atoms with Crippen molar-refractivity contribution in [2.45, 2.75) is 11.3 Å². The second kappa shape index (κ2) is 7.45. The van der Waals surface area contributed by atoms with Crippen LogP contribution < -0.4 is 4.72 Å². The Bertz CT molecular complexity index is 1210. The summed E-state index contributed by atoms with van der Waals surface area (Å²) in [5, 5.41) is 7.93. The third-order valence-electron chi connectivity index (χ3n) is 3.76. The van der Waals surface area contributed by atoms with Gasteiger partial charge in [-0.2, -0.15) is 4.98 Å². The molecule has 8 nitrogen and oxygen atoms in total. The second-order valence-corrected chi connectivity index (χ2v) is 7.93. The Balaban J connectivity index is 1.58. The van der Waals surface area contributed by atoms with Crippen LogP contribution in [0, 0.1) is 0 Å². The van der Waals surface area contributed by atoms with Gasteiger partial charge in [0.1, 0.15) is 5.76 Å². The number of nitrogens with one attached hydrogen (secondary N) is 1. The van der Waals surface area contributed by atoms with Crippen LogP contribution in [0.3, 0.4) is 0 Å². The highest BCUT2D eigenvalue weighted by Crippen LogP contribution is 2.24. The molecule has 2 aromatic carbocycles. The largest absolute Gasteiger partial charge is 0.361 e. The van der Waals surface area contributed by atoms with Gasteiger partial charge in [0.15, 0.2) is 5.82 Å². The smallest absolute Gasteiger partial charge is 0.261 e. The summed E-state index contributed by atoms with van der Waals surface area (Å²) in [6.07, 6.45) is 1.84. The minimum atomic E-state index is -3.82. The summed E-state index contributed by atoms with van der Waals surface area (Å²) in [4.78, 5) is 4.33. The monoisotopic (exact) mass is 416 g/mol. The Morgan fingerprint density at radius 3 is 2.68 bits per heavy atom. The molecule has 10 heteroatoms. The number of benzene rings is 2. The molecule has 0 aliphatic rings. The van der Waals surface area contributed by atoms with Crippen LogP contribution in [0.15, 0.2) is 74.7 Å². The van der Waals surface area contributed by atoms with Crippen LogP contribution in [-0.2, 0) is 16.4 Å². The number of hydrogen-bond acceptors (Lipinski definition) is 7. The molecular formula is C18H13ClN4O4S. The summed E-state index contributed by atoms with van der Waals surface area (Å²) in [5.74, 6) is 1.20. The lowest BCUT2D eigenvalue weighted by atomic mass is 10.2. The van der Waals surface area contributed by atoms with E-state index in [0.717, 1.165) is 0 Å². The Kier molecular flexibility index (Phi) is 4.84. The third kappa shape index (κ3) is 4.05. The maximum absolute atomic E-state index is 12.7. The van der Waals surface area contributed by atoms with Crippen molar-refractivity contribution in [2.24, 2.45) is 0 Å². The van der Waals surface area contributed by atoms with Gasteiger partial charge in [-0.05, 0) is 36.4 Å². The van der Waals surface area contributed by atoms with Crippen LogP contribution in [0.5, 0.6) is 0 Å². The van der Waals surface area contributed by atoms with E-state index in [1.165, 1.54) is 24.4 Å². The number of aromatic nitrogens is 3. The van der Waals surface area contributed by atoms with E-state index in [9.17, 15) is 8.42 Å². The Morgan fingerprint density at radius 2 is 1.89 bits per heavy atom. The molecule has 0 fully saturated rings. The highest BCUT2D eigenvalue weighted by molar-refractivity contribution is 7.92. The van der Waals surface area contributed by atoms with E-state index in [4.69, 9.17) is 20.6 Å². The predicted octanol–water partition coefficient (Wildman–Crippen LogP) is 3.77. The van der Waals surface area contributed by atoms with Crippen LogP contribution in [0.25, 0.3) is 11.5 Å². The standard InChI is InChI=1S/C18H13ClN4O4S/c19-13-4-2-5-14(10-13)23-28(24,25)16-6-1-3-12(9-16)18-21-17(22-27-18)11-15-7-8-20-26-15/h1-10,23H,11H2. The molecule has 2 heterocycles. The van der Waals surface area contributed by atoms with Gasteiger partial charge in [-0.15, -0.1) is 0 Å². The fourth-order valence-electron chi connectivity index (χ4n) is 2.49. The quantitative estimate of drug-likeness (QED) is 0.509. The number of rotatable bonds is 6. The van der Waals surface area contributed by atoms with E-state index in [1.807, 2.05) is 0 Å². The van der Waals surface area contributed by atoms with Crippen molar-refractivity contribution < 1.29 is 17.5 Å². The van der Waals surface area contributed by atoms with E-state index >= 15 is 0 Å². The van der Waals surface area contributed by atoms with Crippen molar-refractivity contribution >= 4 is 27.3 Å².